The molecule has 2 N–H and O–H groups in total. The molecular weight excluding hydrogens is 489 g/mol. The summed E-state index contributed by atoms with van der Waals surface area (Å²) in [6.07, 6.45) is 0.872. The van der Waals surface area contributed by atoms with Crippen molar-refractivity contribution < 1.29 is 19.4 Å². The zero-order chi connectivity index (χ0) is 24.6. The van der Waals surface area contributed by atoms with Crippen LogP contribution in [0.4, 0.5) is 0 Å². The number of aliphatic hydroxyl groups is 1. The Kier molecular flexibility index (Phi) is 7.06. The minimum absolute atomic E-state index is 0.0207. The first-order chi connectivity index (χ1) is 16.9. The van der Waals surface area contributed by atoms with Gasteiger partial charge in [-0.3, -0.25) is 14.5 Å². The number of piperidine rings is 1. The molecule has 0 saturated carbocycles. The molecule has 2 bridgehead atoms. The number of rotatable bonds is 5. The zero-order valence-electron chi connectivity index (χ0n) is 19.3. The molecule has 3 aliphatic heterocycles. The summed E-state index contributed by atoms with van der Waals surface area (Å²) in [6, 6.07) is 14.8. The Hall–Kier alpha value is -2.16. The fourth-order valence-corrected chi connectivity index (χ4v) is 6.01. The Morgan fingerprint density at radius 3 is 2.43 bits per heavy atom. The number of fused-ring (bicyclic) bond motifs is 2. The molecule has 0 radical (unpaired) electrons. The lowest BCUT2D eigenvalue weighted by atomic mass is 9.68. The number of likely N-dealkylation sites (tertiary alicyclic amines) is 2. The molecule has 3 saturated heterocycles. The van der Waals surface area contributed by atoms with Gasteiger partial charge in [0.2, 0.25) is 5.91 Å². The summed E-state index contributed by atoms with van der Waals surface area (Å²) < 4.78 is 5.82. The summed E-state index contributed by atoms with van der Waals surface area (Å²) in [5.41, 5.74) is 0.428. The number of benzene rings is 2. The van der Waals surface area contributed by atoms with Gasteiger partial charge in [0.1, 0.15) is 5.60 Å². The Bertz CT molecular complexity index is 1090. The first-order valence-electron chi connectivity index (χ1n) is 12.0. The summed E-state index contributed by atoms with van der Waals surface area (Å²) in [7, 11) is 0. The maximum atomic E-state index is 12.8. The molecule has 9 heteroatoms. The lowest BCUT2D eigenvalue weighted by Crippen LogP contribution is -2.63. The van der Waals surface area contributed by atoms with Crippen molar-refractivity contribution in [2.24, 2.45) is 11.8 Å². The molecule has 2 aromatic carbocycles. The number of carbonyl (C=O) groups excluding carboxylic acids is 2. The third-order valence-electron chi connectivity index (χ3n) is 7.64. The second-order valence-electron chi connectivity index (χ2n) is 9.67. The molecule has 2 amide bonds. The minimum atomic E-state index is -0.890. The summed E-state index contributed by atoms with van der Waals surface area (Å²) in [5.74, 6) is -0.515. The van der Waals surface area contributed by atoms with Crippen LogP contribution >= 0.6 is 23.2 Å². The van der Waals surface area contributed by atoms with E-state index in [9.17, 15) is 14.7 Å². The first-order valence-corrected chi connectivity index (χ1v) is 12.7. The second kappa shape index (κ2) is 10.1. The maximum Gasteiger partial charge on any atom is 0.251 e. The molecule has 3 fully saturated rings. The molecule has 7 nitrogen and oxygen atoms in total. The van der Waals surface area contributed by atoms with Crippen LogP contribution in [0.5, 0.6) is 0 Å². The minimum Gasteiger partial charge on any atom is -0.384 e. The van der Waals surface area contributed by atoms with Crippen molar-refractivity contribution in [1.82, 2.24) is 15.1 Å². The van der Waals surface area contributed by atoms with Crippen molar-refractivity contribution in [2.45, 2.75) is 18.1 Å². The van der Waals surface area contributed by atoms with E-state index < -0.39 is 5.60 Å². The van der Waals surface area contributed by atoms with Crippen LogP contribution in [0.3, 0.4) is 0 Å². The van der Waals surface area contributed by atoms with Crippen molar-refractivity contribution in [3.63, 3.8) is 0 Å². The second-order valence-corrected chi connectivity index (χ2v) is 10.5. The lowest BCUT2D eigenvalue weighted by molar-refractivity contribution is -0.202. The number of halogens is 2. The van der Waals surface area contributed by atoms with Crippen molar-refractivity contribution in [3.05, 3.63) is 69.7 Å². The maximum absolute atomic E-state index is 12.8. The van der Waals surface area contributed by atoms with Crippen molar-refractivity contribution in [2.75, 3.05) is 45.9 Å². The Balaban J connectivity index is 1.17. The molecule has 1 unspecified atom stereocenters. The van der Waals surface area contributed by atoms with E-state index in [0.717, 1.165) is 25.1 Å². The molecule has 0 aliphatic carbocycles. The summed E-state index contributed by atoms with van der Waals surface area (Å²) in [5, 5.41) is 15.1. The van der Waals surface area contributed by atoms with Gasteiger partial charge in [-0.15, -0.1) is 0 Å². The van der Waals surface area contributed by atoms with E-state index >= 15 is 0 Å². The van der Waals surface area contributed by atoms with Gasteiger partial charge < -0.3 is 20.1 Å². The zero-order valence-corrected chi connectivity index (χ0v) is 20.8. The summed E-state index contributed by atoms with van der Waals surface area (Å²) in [6.45, 7) is 3.69. The molecule has 0 spiro atoms. The number of hydrogen-bond donors (Lipinski definition) is 2. The van der Waals surface area contributed by atoms with Gasteiger partial charge in [0.15, 0.2) is 0 Å². The molecule has 186 valence electrons. The SMILES string of the molecule is O=C(NCC(=O)N1CCC(N2C[C@H]3COC[C@@H](C2)[C@@]3(O)c2ccccc2)C1)c1ccc(Cl)c(Cl)c1. The fourth-order valence-electron chi connectivity index (χ4n) is 5.71. The normalized spacial score (nSPS) is 28.7. The van der Waals surface area contributed by atoms with E-state index in [-0.39, 0.29) is 36.2 Å². The summed E-state index contributed by atoms with van der Waals surface area (Å²) >= 11 is 11.9. The molecule has 2 aromatic rings. The van der Waals surface area contributed by atoms with E-state index in [1.54, 1.807) is 12.1 Å². The van der Waals surface area contributed by atoms with Crippen LogP contribution in [0.2, 0.25) is 10.0 Å². The molecule has 3 aliphatic rings. The van der Waals surface area contributed by atoms with Crippen LogP contribution in [0.1, 0.15) is 22.3 Å². The van der Waals surface area contributed by atoms with Gasteiger partial charge in [0.05, 0.1) is 29.8 Å². The summed E-state index contributed by atoms with van der Waals surface area (Å²) in [4.78, 5) is 29.4. The van der Waals surface area contributed by atoms with E-state index in [0.29, 0.717) is 41.9 Å². The van der Waals surface area contributed by atoms with Crippen molar-refractivity contribution in [1.29, 1.82) is 0 Å². The number of amides is 2. The highest BCUT2D eigenvalue weighted by molar-refractivity contribution is 6.42. The van der Waals surface area contributed by atoms with Gasteiger partial charge in [-0.2, -0.15) is 0 Å². The van der Waals surface area contributed by atoms with E-state index in [1.807, 2.05) is 35.2 Å². The Morgan fingerprint density at radius 1 is 1.03 bits per heavy atom. The number of ether oxygens (including phenoxy) is 1. The molecule has 5 rings (SSSR count). The Morgan fingerprint density at radius 2 is 1.74 bits per heavy atom. The highest BCUT2D eigenvalue weighted by atomic mass is 35.5. The van der Waals surface area contributed by atoms with Gasteiger partial charge in [-0.05, 0) is 30.2 Å². The average Bonchev–Trinajstić information content (AvgIpc) is 3.35. The monoisotopic (exact) mass is 517 g/mol. The van der Waals surface area contributed by atoms with Gasteiger partial charge in [-0.25, -0.2) is 0 Å². The number of carbonyl (C=O) groups is 2. The highest BCUT2D eigenvalue weighted by Gasteiger charge is 2.53. The quantitative estimate of drug-likeness (QED) is 0.637. The van der Waals surface area contributed by atoms with Gasteiger partial charge in [0, 0.05) is 49.6 Å². The molecule has 0 aromatic heterocycles. The standard InChI is InChI=1S/C26H29Cl2N3O4/c27-22-7-6-17(10-23(22)28)25(33)29-11-24(32)30-9-8-21(14-30)31-12-19-15-35-16-20(13-31)26(19,34)18-4-2-1-3-5-18/h1-7,10,19-21,34H,8-9,11-16H2,(H,29,33)/t19-,20+,21?,26+. The fraction of sp³-hybridized carbons (Fsp3) is 0.462. The van der Waals surface area contributed by atoms with Crippen molar-refractivity contribution >= 4 is 35.0 Å². The van der Waals surface area contributed by atoms with Gasteiger partial charge in [0.25, 0.3) is 5.91 Å². The molecular formula is C26H29Cl2N3O4. The van der Waals surface area contributed by atoms with E-state index in [1.165, 1.54) is 6.07 Å². The predicted molar refractivity (Wildman–Crippen MR) is 133 cm³/mol. The third-order valence-corrected chi connectivity index (χ3v) is 8.38. The van der Waals surface area contributed by atoms with E-state index in [4.69, 9.17) is 27.9 Å². The predicted octanol–water partition coefficient (Wildman–Crippen LogP) is 2.79. The first kappa shape index (κ1) is 24.5. The smallest absolute Gasteiger partial charge is 0.251 e. The van der Waals surface area contributed by atoms with Crippen molar-refractivity contribution in [3.8, 4) is 0 Å². The molecule has 4 atom stereocenters. The van der Waals surface area contributed by atoms with Crippen LogP contribution in [0, 0.1) is 11.8 Å². The Labute approximate surface area is 214 Å². The average molecular weight is 518 g/mol. The number of nitrogens with zero attached hydrogens (tertiary/aromatic N) is 2. The van der Waals surface area contributed by atoms with Gasteiger partial charge >= 0.3 is 0 Å². The highest BCUT2D eigenvalue weighted by Crippen LogP contribution is 2.45. The van der Waals surface area contributed by atoms with Crippen LogP contribution < -0.4 is 5.32 Å². The largest absolute Gasteiger partial charge is 0.384 e. The molecule has 35 heavy (non-hydrogen) atoms. The van der Waals surface area contributed by atoms with Crippen LogP contribution in [-0.2, 0) is 15.1 Å². The number of nitrogens with one attached hydrogen (secondary N) is 1. The topological polar surface area (TPSA) is 82.1 Å². The lowest BCUT2D eigenvalue weighted by Gasteiger charge is -2.54. The van der Waals surface area contributed by atoms with Crippen LogP contribution in [-0.4, -0.2) is 78.7 Å². The van der Waals surface area contributed by atoms with Crippen LogP contribution in [0.15, 0.2) is 48.5 Å². The number of hydrogen-bond acceptors (Lipinski definition) is 5. The van der Waals surface area contributed by atoms with E-state index in [2.05, 4.69) is 10.2 Å². The van der Waals surface area contributed by atoms with Gasteiger partial charge in [-0.1, -0.05) is 53.5 Å². The molecule has 3 heterocycles. The third kappa shape index (κ3) is 4.80. The van der Waals surface area contributed by atoms with Crippen LogP contribution in [0.25, 0.3) is 0 Å².